The average Bonchev–Trinajstić information content (AvgIpc) is 2.91. The van der Waals surface area contributed by atoms with Crippen LogP contribution in [0.15, 0.2) is 5.16 Å². The first kappa shape index (κ1) is 14.4. The van der Waals surface area contributed by atoms with Crippen LogP contribution in [0.4, 0.5) is 0 Å². The van der Waals surface area contributed by atoms with Crippen molar-refractivity contribution in [1.82, 2.24) is 14.8 Å². The SMILES string of the molecule is CC1CCCC1c1nnc(SCC(=O)O)n1C(C)C. The minimum Gasteiger partial charge on any atom is -0.481 e. The van der Waals surface area contributed by atoms with Gasteiger partial charge in [-0.25, -0.2) is 0 Å². The summed E-state index contributed by atoms with van der Waals surface area (Å²) in [6, 6.07) is 0.258. The van der Waals surface area contributed by atoms with E-state index in [1.165, 1.54) is 24.6 Å². The molecule has 1 N–H and O–H groups in total. The van der Waals surface area contributed by atoms with E-state index in [0.29, 0.717) is 11.8 Å². The summed E-state index contributed by atoms with van der Waals surface area (Å²) < 4.78 is 2.11. The molecule has 0 aromatic carbocycles. The number of nitrogens with zero attached hydrogens (tertiary/aromatic N) is 3. The molecule has 0 aliphatic heterocycles. The zero-order chi connectivity index (χ0) is 14.0. The third-order valence-corrected chi connectivity index (χ3v) is 4.65. The van der Waals surface area contributed by atoms with Gasteiger partial charge in [-0.3, -0.25) is 4.79 Å². The molecule has 1 saturated carbocycles. The van der Waals surface area contributed by atoms with Crippen LogP contribution in [0, 0.1) is 5.92 Å². The Bertz CT molecular complexity index is 459. The highest BCUT2D eigenvalue weighted by atomic mass is 32.2. The summed E-state index contributed by atoms with van der Waals surface area (Å²) in [5.41, 5.74) is 0. The fraction of sp³-hybridized carbons (Fsp3) is 0.769. The summed E-state index contributed by atoms with van der Waals surface area (Å²) in [5.74, 6) is 1.35. The van der Waals surface area contributed by atoms with Crippen molar-refractivity contribution in [2.24, 2.45) is 5.92 Å². The lowest BCUT2D eigenvalue weighted by atomic mass is 9.97. The van der Waals surface area contributed by atoms with E-state index < -0.39 is 5.97 Å². The summed E-state index contributed by atoms with van der Waals surface area (Å²) in [6.45, 7) is 6.45. The first-order chi connectivity index (χ1) is 9.00. The first-order valence-electron chi connectivity index (χ1n) is 6.80. The van der Waals surface area contributed by atoms with E-state index in [-0.39, 0.29) is 11.8 Å². The van der Waals surface area contributed by atoms with Crippen molar-refractivity contribution in [2.75, 3.05) is 5.75 Å². The highest BCUT2D eigenvalue weighted by Crippen LogP contribution is 2.40. The number of carbonyl (C=O) groups is 1. The molecule has 1 aliphatic rings. The second-order valence-corrected chi connectivity index (χ2v) is 6.44. The van der Waals surface area contributed by atoms with Crippen LogP contribution in [-0.2, 0) is 4.79 Å². The molecular formula is C13H21N3O2S. The Hall–Kier alpha value is -1.04. The lowest BCUT2D eigenvalue weighted by Crippen LogP contribution is -2.14. The minimum absolute atomic E-state index is 0.0328. The number of thioether (sulfide) groups is 1. The van der Waals surface area contributed by atoms with E-state index >= 15 is 0 Å². The highest BCUT2D eigenvalue weighted by Gasteiger charge is 2.31. The van der Waals surface area contributed by atoms with E-state index in [1.54, 1.807) is 0 Å². The number of carboxylic acids is 1. The van der Waals surface area contributed by atoms with E-state index in [1.807, 2.05) is 0 Å². The number of hydrogen-bond acceptors (Lipinski definition) is 4. The molecule has 19 heavy (non-hydrogen) atoms. The minimum atomic E-state index is -0.820. The predicted molar refractivity (Wildman–Crippen MR) is 74.5 cm³/mol. The van der Waals surface area contributed by atoms with Gasteiger partial charge in [-0.2, -0.15) is 0 Å². The van der Waals surface area contributed by atoms with Crippen molar-refractivity contribution in [2.45, 2.75) is 57.1 Å². The number of carboxylic acid groups (broad SMARTS) is 1. The smallest absolute Gasteiger partial charge is 0.313 e. The molecule has 1 fully saturated rings. The van der Waals surface area contributed by atoms with Gasteiger partial charge in [-0.1, -0.05) is 25.1 Å². The van der Waals surface area contributed by atoms with Crippen LogP contribution in [0.25, 0.3) is 0 Å². The second-order valence-electron chi connectivity index (χ2n) is 5.50. The number of rotatable bonds is 5. The number of aromatic nitrogens is 3. The van der Waals surface area contributed by atoms with Crippen molar-refractivity contribution >= 4 is 17.7 Å². The molecule has 0 bridgehead atoms. The maximum Gasteiger partial charge on any atom is 0.313 e. The topological polar surface area (TPSA) is 68.0 Å². The Labute approximate surface area is 117 Å². The van der Waals surface area contributed by atoms with Crippen LogP contribution in [-0.4, -0.2) is 31.6 Å². The van der Waals surface area contributed by atoms with Crippen molar-refractivity contribution in [3.8, 4) is 0 Å². The molecule has 2 unspecified atom stereocenters. The van der Waals surface area contributed by atoms with Gasteiger partial charge in [0.05, 0.1) is 5.75 Å². The molecule has 0 saturated heterocycles. The number of aliphatic carboxylic acids is 1. The molecule has 1 aromatic heterocycles. The van der Waals surface area contributed by atoms with Crippen LogP contribution in [0.2, 0.25) is 0 Å². The molecule has 0 radical (unpaired) electrons. The van der Waals surface area contributed by atoms with Gasteiger partial charge in [0.1, 0.15) is 5.82 Å². The van der Waals surface area contributed by atoms with Crippen LogP contribution in [0.1, 0.15) is 57.8 Å². The standard InChI is InChI=1S/C13H21N3O2S/c1-8(2)16-12(10-6-4-5-9(10)3)14-15-13(16)19-7-11(17)18/h8-10H,4-7H2,1-3H3,(H,17,18). The monoisotopic (exact) mass is 283 g/mol. The Morgan fingerprint density at radius 3 is 2.74 bits per heavy atom. The van der Waals surface area contributed by atoms with Crippen LogP contribution >= 0.6 is 11.8 Å². The first-order valence-corrected chi connectivity index (χ1v) is 7.78. The quantitative estimate of drug-likeness (QED) is 0.841. The van der Waals surface area contributed by atoms with Crippen molar-refractivity contribution in [1.29, 1.82) is 0 Å². The summed E-state index contributed by atoms with van der Waals surface area (Å²) in [5, 5.41) is 18.1. The average molecular weight is 283 g/mol. The summed E-state index contributed by atoms with van der Waals surface area (Å²) in [7, 11) is 0. The lowest BCUT2D eigenvalue weighted by Gasteiger charge is -2.19. The lowest BCUT2D eigenvalue weighted by molar-refractivity contribution is -0.133. The second kappa shape index (κ2) is 5.94. The normalized spacial score (nSPS) is 23.2. The maximum absolute atomic E-state index is 10.7. The Morgan fingerprint density at radius 1 is 1.47 bits per heavy atom. The Morgan fingerprint density at radius 2 is 2.21 bits per heavy atom. The Kier molecular flexibility index (Phi) is 4.50. The molecule has 2 atom stereocenters. The molecule has 0 spiro atoms. The largest absolute Gasteiger partial charge is 0.481 e. The van der Waals surface area contributed by atoms with Gasteiger partial charge in [-0.05, 0) is 32.6 Å². The van der Waals surface area contributed by atoms with Gasteiger partial charge < -0.3 is 9.67 Å². The van der Waals surface area contributed by atoms with E-state index in [9.17, 15) is 4.79 Å². The van der Waals surface area contributed by atoms with Gasteiger partial charge in [0.25, 0.3) is 0 Å². The predicted octanol–water partition coefficient (Wildman–Crippen LogP) is 2.94. The van der Waals surface area contributed by atoms with Crippen LogP contribution in [0.3, 0.4) is 0 Å². The molecule has 1 aromatic rings. The molecule has 0 amide bonds. The van der Waals surface area contributed by atoms with Gasteiger partial charge in [-0.15, -0.1) is 10.2 Å². The zero-order valence-electron chi connectivity index (χ0n) is 11.7. The molecule has 2 rings (SSSR count). The number of hydrogen-bond donors (Lipinski definition) is 1. The van der Waals surface area contributed by atoms with E-state index in [2.05, 4.69) is 35.5 Å². The zero-order valence-corrected chi connectivity index (χ0v) is 12.5. The van der Waals surface area contributed by atoms with Crippen molar-refractivity contribution in [3.63, 3.8) is 0 Å². The fourth-order valence-corrected chi connectivity index (χ4v) is 3.57. The summed E-state index contributed by atoms with van der Waals surface area (Å²) in [4.78, 5) is 10.7. The van der Waals surface area contributed by atoms with Gasteiger partial charge in [0.15, 0.2) is 5.16 Å². The Balaban J connectivity index is 2.26. The van der Waals surface area contributed by atoms with Crippen LogP contribution < -0.4 is 0 Å². The molecule has 1 aliphatic carbocycles. The molecular weight excluding hydrogens is 262 g/mol. The molecule has 5 nitrogen and oxygen atoms in total. The van der Waals surface area contributed by atoms with E-state index in [4.69, 9.17) is 5.11 Å². The summed E-state index contributed by atoms with van der Waals surface area (Å²) in [6.07, 6.45) is 3.65. The third-order valence-electron chi connectivity index (χ3n) is 3.73. The highest BCUT2D eigenvalue weighted by molar-refractivity contribution is 7.99. The van der Waals surface area contributed by atoms with Gasteiger partial charge in [0.2, 0.25) is 0 Å². The van der Waals surface area contributed by atoms with Crippen LogP contribution in [0.5, 0.6) is 0 Å². The van der Waals surface area contributed by atoms with E-state index in [0.717, 1.165) is 17.4 Å². The molecule has 106 valence electrons. The summed E-state index contributed by atoms with van der Waals surface area (Å²) >= 11 is 1.25. The van der Waals surface area contributed by atoms with Crippen molar-refractivity contribution in [3.05, 3.63) is 5.82 Å². The fourth-order valence-electron chi connectivity index (χ4n) is 2.78. The van der Waals surface area contributed by atoms with Gasteiger partial charge in [0, 0.05) is 12.0 Å². The molecule has 1 heterocycles. The van der Waals surface area contributed by atoms with Crippen molar-refractivity contribution < 1.29 is 9.90 Å². The third kappa shape index (κ3) is 3.11. The molecule has 6 heteroatoms. The maximum atomic E-state index is 10.7. The van der Waals surface area contributed by atoms with Gasteiger partial charge >= 0.3 is 5.97 Å².